The number of carbonyl (C=O) groups excluding carboxylic acids is 1. The van der Waals surface area contributed by atoms with Crippen LogP contribution in [-0.2, 0) is 16.5 Å². The lowest BCUT2D eigenvalue weighted by molar-refractivity contribution is 0.0287. The lowest BCUT2D eigenvalue weighted by atomic mass is 9.94. The van der Waals surface area contributed by atoms with Gasteiger partial charge in [-0.2, -0.15) is 0 Å². The molecule has 35 heavy (non-hydrogen) atoms. The van der Waals surface area contributed by atoms with E-state index in [0.29, 0.717) is 18.4 Å². The van der Waals surface area contributed by atoms with E-state index in [1.165, 1.54) is 5.69 Å². The number of rotatable bonds is 7. The average molecular weight is 489 g/mol. The van der Waals surface area contributed by atoms with Crippen molar-refractivity contribution in [3.8, 4) is 0 Å². The normalized spacial score (nSPS) is 25.9. The second-order valence-corrected chi connectivity index (χ2v) is 11.6. The van der Waals surface area contributed by atoms with Gasteiger partial charge < -0.3 is 14.4 Å². The molecule has 1 aromatic heterocycles. The Morgan fingerprint density at radius 3 is 2.60 bits per heavy atom. The van der Waals surface area contributed by atoms with Gasteiger partial charge in [0.1, 0.15) is 17.9 Å². The summed E-state index contributed by atoms with van der Waals surface area (Å²) >= 11 is 0. The fourth-order valence-corrected chi connectivity index (χ4v) is 5.74. The Balaban J connectivity index is 1.30. The maximum absolute atomic E-state index is 13.1. The first-order valence-corrected chi connectivity index (χ1v) is 13.3. The molecule has 0 N–H and O–H groups in total. The molecular formula is C27H44N4O4. The molecule has 8 nitrogen and oxygen atoms in total. The Kier molecular flexibility index (Phi) is 7.53. The molecule has 0 aromatic carbocycles. The average Bonchev–Trinajstić information content (AvgIpc) is 3.55. The van der Waals surface area contributed by atoms with Crippen LogP contribution in [0.2, 0.25) is 0 Å². The summed E-state index contributed by atoms with van der Waals surface area (Å²) in [5, 5.41) is 0. The molecular weight excluding hydrogens is 444 g/mol. The maximum atomic E-state index is 13.1. The first-order valence-electron chi connectivity index (χ1n) is 13.3. The minimum atomic E-state index is -0.481. The van der Waals surface area contributed by atoms with Gasteiger partial charge in [-0.05, 0) is 58.4 Å². The SMILES string of the molecule is CCC(CCN(C)C(=O)OC(C)(C)C)C1OC1N1CCC(n2c3c(n(C)c2=O)C=CCC3C)CC1. The summed E-state index contributed by atoms with van der Waals surface area (Å²) in [5.41, 5.74) is 1.92. The van der Waals surface area contributed by atoms with Gasteiger partial charge in [-0.1, -0.05) is 26.3 Å². The van der Waals surface area contributed by atoms with E-state index in [1.807, 2.05) is 32.4 Å². The van der Waals surface area contributed by atoms with E-state index in [4.69, 9.17) is 9.47 Å². The van der Waals surface area contributed by atoms with Crippen molar-refractivity contribution in [3.63, 3.8) is 0 Å². The van der Waals surface area contributed by atoms with Gasteiger partial charge in [-0.25, -0.2) is 9.59 Å². The Morgan fingerprint density at radius 2 is 1.97 bits per heavy atom. The molecule has 1 aliphatic carbocycles. The number of nitrogens with zero attached hydrogens (tertiary/aromatic N) is 4. The number of piperidine rings is 1. The van der Waals surface area contributed by atoms with Gasteiger partial charge in [0.15, 0.2) is 0 Å². The van der Waals surface area contributed by atoms with Crippen LogP contribution in [0.5, 0.6) is 0 Å². The largest absolute Gasteiger partial charge is 0.444 e. The number of ether oxygens (including phenoxy) is 2. The number of aromatic nitrogens is 2. The Morgan fingerprint density at radius 1 is 1.29 bits per heavy atom. The molecule has 4 atom stereocenters. The first-order chi connectivity index (χ1) is 16.5. The fourth-order valence-electron chi connectivity index (χ4n) is 5.74. The highest BCUT2D eigenvalue weighted by atomic mass is 16.6. The smallest absolute Gasteiger partial charge is 0.410 e. The molecule has 2 aliphatic heterocycles. The van der Waals surface area contributed by atoms with Crippen LogP contribution in [0.15, 0.2) is 10.9 Å². The highest BCUT2D eigenvalue weighted by Gasteiger charge is 2.48. The van der Waals surface area contributed by atoms with E-state index in [9.17, 15) is 9.59 Å². The standard InChI is InChI=1S/C27H44N4O4/c1-8-19(12-15-28(6)26(33)35-27(3,4)5)23-24(34-23)30-16-13-20(14-17-30)31-22-18(2)10-9-11-21(22)29(7)25(31)32/h9,11,18-20,23-24H,8,10,12-17H2,1-7H3. The molecule has 2 saturated heterocycles. The summed E-state index contributed by atoms with van der Waals surface area (Å²) in [6, 6.07) is 0.254. The van der Waals surface area contributed by atoms with Crippen LogP contribution >= 0.6 is 0 Å². The molecule has 0 spiro atoms. The van der Waals surface area contributed by atoms with Gasteiger partial charge in [0.25, 0.3) is 0 Å². The minimum absolute atomic E-state index is 0.118. The van der Waals surface area contributed by atoms with E-state index in [0.717, 1.165) is 50.9 Å². The molecule has 8 heteroatoms. The topological polar surface area (TPSA) is 72.2 Å². The van der Waals surface area contributed by atoms with E-state index < -0.39 is 5.60 Å². The Bertz CT molecular complexity index is 996. The quantitative estimate of drug-likeness (QED) is 0.534. The van der Waals surface area contributed by atoms with Crippen molar-refractivity contribution in [2.75, 3.05) is 26.7 Å². The lowest BCUT2D eigenvalue weighted by Crippen LogP contribution is -2.41. The number of epoxide rings is 1. The molecule has 0 radical (unpaired) electrons. The molecule has 1 aromatic rings. The molecule has 196 valence electrons. The van der Waals surface area contributed by atoms with Crippen LogP contribution in [0.1, 0.15) is 90.1 Å². The summed E-state index contributed by atoms with van der Waals surface area (Å²) < 4.78 is 15.5. The number of fused-ring (bicyclic) bond motifs is 1. The molecule has 0 saturated carbocycles. The van der Waals surface area contributed by atoms with Gasteiger partial charge in [0.2, 0.25) is 0 Å². The van der Waals surface area contributed by atoms with Crippen molar-refractivity contribution < 1.29 is 14.3 Å². The van der Waals surface area contributed by atoms with Gasteiger partial charge in [0.05, 0.1) is 5.69 Å². The third-order valence-electron chi connectivity index (χ3n) is 7.86. The minimum Gasteiger partial charge on any atom is -0.444 e. The highest BCUT2D eigenvalue weighted by molar-refractivity contribution is 5.67. The number of amides is 1. The molecule has 4 rings (SSSR count). The summed E-state index contributed by atoms with van der Waals surface area (Å²) in [4.78, 5) is 29.5. The summed E-state index contributed by atoms with van der Waals surface area (Å²) in [6.45, 7) is 12.6. The number of hydrogen-bond donors (Lipinski definition) is 0. The zero-order valence-electron chi connectivity index (χ0n) is 22.6. The molecule has 3 heterocycles. The van der Waals surface area contributed by atoms with Gasteiger partial charge in [-0.3, -0.25) is 14.0 Å². The number of allylic oxidation sites excluding steroid dienone is 1. The predicted molar refractivity (Wildman–Crippen MR) is 138 cm³/mol. The molecule has 2 fully saturated rings. The van der Waals surface area contributed by atoms with Crippen molar-refractivity contribution in [3.05, 3.63) is 27.9 Å². The van der Waals surface area contributed by atoms with E-state index in [1.54, 1.807) is 11.9 Å². The second-order valence-electron chi connectivity index (χ2n) is 11.6. The zero-order chi connectivity index (χ0) is 25.5. The van der Waals surface area contributed by atoms with Crippen LogP contribution in [0.25, 0.3) is 6.08 Å². The summed E-state index contributed by atoms with van der Waals surface area (Å²) in [7, 11) is 3.70. The molecule has 3 aliphatic rings. The molecule has 4 unspecified atom stereocenters. The second kappa shape index (κ2) is 10.1. The Hall–Kier alpha value is -2.06. The predicted octanol–water partition coefficient (Wildman–Crippen LogP) is 4.35. The summed E-state index contributed by atoms with van der Waals surface area (Å²) in [6.07, 6.45) is 9.26. The van der Waals surface area contributed by atoms with Crippen LogP contribution in [-0.4, -0.2) is 69.6 Å². The van der Waals surface area contributed by atoms with Crippen molar-refractivity contribution in [2.24, 2.45) is 13.0 Å². The first kappa shape index (κ1) is 26.0. The van der Waals surface area contributed by atoms with Crippen molar-refractivity contribution in [2.45, 2.75) is 96.6 Å². The van der Waals surface area contributed by atoms with Crippen molar-refractivity contribution in [1.29, 1.82) is 0 Å². The van der Waals surface area contributed by atoms with E-state index in [-0.39, 0.29) is 30.2 Å². The monoisotopic (exact) mass is 488 g/mol. The third kappa shape index (κ3) is 5.53. The number of imidazole rings is 1. The van der Waals surface area contributed by atoms with Crippen molar-refractivity contribution >= 4 is 12.2 Å². The van der Waals surface area contributed by atoms with E-state index >= 15 is 0 Å². The Labute approximate surface area is 209 Å². The molecule has 0 bridgehead atoms. The van der Waals surface area contributed by atoms with Gasteiger partial charge >= 0.3 is 11.8 Å². The van der Waals surface area contributed by atoms with Crippen molar-refractivity contribution in [1.82, 2.24) is 18.9 Å². The number of carbonyl (C=O) groups is 1. The number of hydrogen-bond acceptors (Lipinski definition) is 5. The van der Waals surface area contributed by atoms with Gasteiger partial charge in [-0.15, -0.1) is 0 Å². The van der Waals surface area contributed by atoms with Gasteiger partial charge in [0, 0.05) is 51.4 Å². The summed E-state index contributed by atoms with van der Waals surface area (Å²) in [5.74, 6) is 0.793. The van der Waals surface area contributed by atoms with Crippen LogP contribution in [0.4, 0.5) is 4.79 Å². The molecule has 1 amide bonds. The third-order valence-corrected chi connectivity index (χ3v) is 7.86. The number of likely N-dealkylation sites (tertiary alicyclic amines) is 1. The van der Waals surface area contributed by atoms with Crippen LogP contribution in [0, 0.1) is 5.92 Å². The van der Waals surface area contributed by atoms with E-state index in [2.05, 4.69) is 35.5 Å². The maximum Gasteiger partial charge on any atom is 0.410 e. The lowest BCUT2D eigenvalue weighted by Gasteiger charge is -2.33. The van der Waals surface area contributed by atoms with Crippen LogP contribution < -0.4 is 5.69 Å². The highest BCUT2D eigenvalue weighted by Crippen LogP contribution is 2.39. The zero-order valence-corrected chi connectivity index (χ0v) is 22.6. The van der Waals surface area contributed by atoms with Crippen LogP contribution in [0.3, 0.4) is 0 Å². The fraction of sp³-hybridized carbons (Fsp3) is 0.778.